The highest BCUT2D eigenvalue weighted by Crippen LogP contribution is 2.25. The molecule has 2 nitrogen and oxygen atoms in total. The Morgan fingerprint density at radius 1 is 0.950 bits per heavy atom. The van der Waals surface area contributed by atoms with Crippen LogP contribution in [0.2, 0.25) is 4.05 Å². The van der Waals surface area contributed by atoms with Crippen LogP contribution in [-0.4, -0.2) is 36.5 Å². The smallest absolute Gasteiger partial charge is 0.355 e. The normalized spacial score (nSPS) is 15.7. The van der Waals surface area contributed by atoms with E-state index in [0.717, 1.165) is 35.5 Å². The molecule has 0 N–H and O–H groups in total. The Kier molecular flexibility index (Phi) is 16.4. The summed E-state index contributed by atoms with van der Waals surface area (Å²) in [6.45, 7) is 11.6. The SMILES string of the molecule is CCCCOCOCCCC(C)CC(C)C[CH](C)[Mg][I]. The van der Waals surface area contributed by atoms with E-state index in [1.165, 1.54) is 32.1 Å². The first kappa shape index (κ1) is 21.4. The number of ether oxygens (including phenoxy) is 2. The Labute approximate surface area is 146 Å². The standard InChI is InChI=1S/C16H33O2.HI.Mg/c1-5-7-11-17-14-18-12-8-10-16(4)13-15(3)9-6-2;;/h6,15-16H,5,7-14H2,1-4H3;1H;/q;;+1/p-1. The minimum Gasteiger partial charge on any atom is -0.355 e. The largest absolute Gasteiger partial charge is 0.466 e. The average Bonchev–Trinajstić information content (AvgIpc) is 2.41. The van der Waals surface area contributed by atoms with Crippen LogP contribution >= 0.6 is 18.9 Å². The molecule has 20 heavy (non-hydrogen) atoms. The molecule has 0 aliphatic heterocycles. The second-order valence-corrected chi connectivity index (χ2v) is 10.7. The Bertz CT molecular complexity index is 205. The molecule has 0 aliphatic carbocycles. The molecule has 0 aromatic carbocycles. The zero-order chi connectivity index (χ0) is 15.2. The summed E-state index contributed by atoms with van der Waals surface area (Å²) in [5.74, 6) is 1.72. The minimum absolute atomic E-state index is 0.166. The lowest BCUT2D eigenvalue weighted by Crippen LogP contribution is -2.08. The molecule has 0 heterocycles. The summed E-state index contributed by atoms with van der Waals surface area (Å²) in [7, 11) is 0. The summed E-state index contributed by atoms with van der Waals surface area (Å²) in [6, 6.07) is 0. The lowest BCUT2D eigenvalue weighted by Gasteiger charge is -2.19. The van der Waals surface area contributed by atoms with Crippen LogP contribution in [0.5, 0.6) is 0 Å². The van der Waals surface area contributed by atoms with Crippen LogP contribution in [0.15, 0.2) is 0 Å². The fourth-order valence-corrected chi connectivity index (χ4v) is 4.38. The molecule has 3 atom stereocenters. The van der Waals surface area contributed by atoms with Crippen molar-refractivity contribution in [3.63, 3.8) is 0 Å². The van der Waals surface area contributed by atoms with Gasteiger partial charge in [0.1, 0.15) is 6.79 Å². The van der Waals surface area contributed by atoms with Gasteiger partial charge in [-0.2, -0.15) is 0 Å². The van der Waals surface area contributed by atoms with Gasteiger partial charge in [0.25, 0.3) is 0 Å². The van der Waals surface area contributed by atoms with Crippen LogP contribution in [-0.2, 0) is 9.47 Å². The summed E-state index contributed by atoms with van der Waals surface area (Å²) < 4.78 is 11.9. The third-order valence-corrected chi connectivity index (χ3v) is 9.04. The van der Waals surface area contributed by atoms with Gasteiger partial charge >= 0.3 is 16.5 Å². The van der Waals surface area contributed by atoms with E-state index >= 15 is 0 Å². The second kappa shape index (κ2) is 15.3. The van der Waals surface area contributed by atoms with Crippen LogP contribution in [0.25, 0.3) is 0 Å². The van der Waals surface area contributed by atoms with Crippen LogP contribution < -0.4 is 0 Å². The van der Waals surface area contributed by atoms with E-state index < -0.39 is 0 Å². The highest BCUT2D eigenvalue weighted by Gasteiger charge is 2.13. The van der Waals surface area contributed by atoms with Gasteiger partial charge in [-0.1, -0.05) is 40.5 Å². The van der Waals surface area contributed by atoms with Gasteiger partial charge in [0.05, 0.1) is 0 Å². The first-order valence-corrected chi connectivity index (χ1v) is 14.2. The van der Waals surface area contributed by atoms with E-state index in [2.05, 4.69) is 46.5 Å². The molecule has 118 valence electrons. The van der Waals surface area contributed by atoms with Crippen molar-refractivity contribution >= 4 is 35.3 Å². The maximum absolute atomic E-state index is 5.50. The maximum Gasteiger partial charge on any atom is 0.466 e. The van der Waals surface area contributed by atoms with Crippen molar-refractivity contribution in [2.45, 2.75) is 70.3 Å². The quantitative estimate of drug-likeness (QED) is 0.164. The fraction of sp³-hybridized carbons (Fsp3) is 1.00. The lowest BCUT2D eigenvalue weighted by atomic mass is 9.91. The molecular formula is C16H33IMgO2. The molecule has 3 unspecified atom stereocenters. The number of rotatable bonds is 14. The van der Waals surface area contributed by atoms with Crippen LogP contribution in [0.1, 0.15) is 66.2 Å². The topological polar surface area (TPSA) is 18.5 Å². The summed E-state index contributed by atoms with van der Waals surface area (Å²) in [4.78, 5) is 0. The Morgan fingerprint density at radius 3 is 2.20 bits per heavy atom. The third kappa shape index (κ3) is 14.4. The van der Waals surface area contributed by atoms with Crippen molar-refractivity contribution < 1.29 is 9.47 Å². The zero-order valence-electron chi connectivity index (χ0n) is 14.0. The van der Waals surface area contributed by atoms with Crippen molar-refractivity contribution in [2.24, 2.45) is 11.8 Å². The van der Waals surface area contributed by atoms with Gasteiger partial charge in [-0.25, -0.2) is 0 Å². The van der Waals surface area contributed by atoms with Crippen molar-refractivity contribution in [3.8, 4) is 0 Å². The van der Waals surface area contributed by atoms with Gasteiger partial charge in [0.2, 0.25) is 0 Å². The molecule has 0 aromatic rings. The monoisotopic (exact) mass is 408 g/mol. The van der Waals surface area contributed by atoms with Gasteiger partial charge in [-0.3, -0.25) is 0 Å². The van der Waals surface area contributed by atoms with Crippen LogP contribution in [0.3, 0.4) is 0 Å². The van der Waals surface area contributed by atoms with E-state index in [4.69, 9.17) is 9.47 Å². The van der Waals surface area contributed by atoms with Gasteiger partial charge in [0, 0.05) is 13.2 Å². The van der Waals surface area contributed by atoms with E-state index in [9.17, 15) is 0 Å². The molecule has 0 aliphatic rings. The molecular weight excluding hydrogens is 375 g/mol. The van der Waals surface area contributed by atoms with E-state index in [1.807, 2.05) is 0 Å². The Hall–Kier alpha value is 1.42. The molecule has 4 heteroatoms. The van der Waals surface area contributed by atoms with E-state index in [0.29, 0.717) is 6.79 Å². The maximum atomic E-state index is 5.50. The Balaban J connectivity index is 3.37. The molecule has 0 saturated carbocycles. The molecule has 0 fully saturated rings. The molecule has 0 rings (SSSR count). The highest BCUT2D eigenvalue weighted by atomic mass is 127. The molecule has 0 spiro atoms. The van der Waals surface area contributed by atoms with Crippen molar-refractivity contribution in [3.05, 3.63) is 0 Å². The first-order valence-electron chi connectivity index (χ1n) is 8.31. The zero-order valence-corrected chi connectivity index (χ0v) is 17.6. The first-order chi connectivity index (χ1) is 9.60. The third-order valence-electron chi connectivity index (χ3n) is 3.67. The minimum atomic E-state index is 0.166. The fourth-order valence-electron chi connectivity index (χ4n) is 2.61. The van der Waals surface area contributed by atoms with Gasteiger partial charge in [-0.05, 0) is 37.5 Å². The molecule has 0 saturated heterocycles. The highest BCUT2D eigenvalue weighted by molar-refractivity contribution is 14.1. The number of halogens is 1. The summed E-state index contributed by atoms with van der Waals surface area (Å²) >= 11 is 2.80. The summed E-state index contributed by atoms with van der Waals surface area (Å²) in [5, 5.41) is 0. The van der Waals surface area contributed by atoms with Gasteiger partial charge in [0.15, 0.2) is 0 Å². The number of hydrogen-bond donors (Lipinski definition) is 0. The Morgan fingerprint density at radius 2 is 1.60 bits per heavy atom. The predicted molar refractivity (Wildman–Crippen MR) is 97.7 cm³/mol. The van der Waals surface area contributed by atoms with Crippen LogP contribution in [0.4, 0.5) is 0 Å². The number of unbranched alkanes of at least 4 members (excludes halogenated alkanes) is 1. The lowest BCUT2D eigenvalue weighted by molar-refractivity contribution is -0.0558. The van der Waals surface area contributed by atoms with Crippen molar-refractivity contribution in [2.75, 3.05) is 20.0 Å². The van der Waals surface area contributed by atoms with Gasteiger partial charge in [-0.15, -0.1) is 4.05 Å². The predicted octanol–water partition coefficient (Wildman–Crippen LogP) is 5.47. The second-order valence-electron chi connectivity index (χ2n) is 6.37. The van der Waals surface area contributed by atoms with E-state index in [1.54, 1.807) is 0 Å². The summed E-state index contributed by atoms with van der Waals surface area (Å²) in [6.07, 6.45) is 7.59. The molecule has 0 bridgehead atoms. The van der Waals surface area contributed by atoms with Crippen molar-refractivity contribution in [1.29, 1.82) is 0 Å². The van der Waals surface area contributed by atoms with Crippen LogP contribution in [0, 0.1) is 11.8 Å². The van der Waals surface area contributed by atoms with Gasteiger partial charge < -0.3 is 28.3 Å². The molecule has 0 radical (unpaired) electrons. The van der Waals surface area contributed by atoms with Crippen molar-refractivity contribution in [1.82, 2.24) is 0 Å². The van der Waals surface area contributed by atoms with E-state index in [-0.39, 0.29) is 16.5 Å². The molecule has 0 amide bonds. The number of hydrogen-bond acceptors (Lipinski definition) is 2. The molecule has 0 aromatic heterocycles. The summed E-state index contributed by atoms with van der Waals surface area (Å²) in [5.41, 5.74) is 0. The average molecular weight is 409 g/mol.